The quantitative estimate of drug-likeness (QED) is 0.304. The lowest BCUT2D eigenvalue weighted by Gasteiger charge is -2.37. The van der Waals surface area contributed by atoms with Crippen molar-refractivity contribution in [2.75, 3.05) is 37.7 Å². The monoisotopic (exact) mass is 626 g/mol. The summed E-state index contributed by atoms with van der Waals surface area (Å²) in [5.74, 6) is 0.876. The van der Waals surface area contributed by atoms with Crippen LogP contribution in [0.25, 0.3) is 32.9 Å². The standard InChI is InChI=1S/C34H29F3N6O3/c1-2-23-25(36)5-4-19-11-22(44)12-24(26(19)23)29-28(37)30-27-31(43-9-6-18(14-38)10-21(43)16-45-32(27)39-29)41-33(40-30)46-17-34-7-3-8-42(34)15-20(35)13-34/h1,4-5,11-12,18,20-21,44H,3,6-10,13,15-17H2/t18-,20+,21-,34-/m0/s1. The molecule has 234 valence electrons. The molecule has 0 bridgehead atoms. The number of ether oxygens (including phenoxy) is 2. The summed E-state index contributed by atoms with van der Waals surface area (Å²) >= 11 is 0. The van der Waals surface area contributed by atoms with Gasteiger partial charge >= 0.3 is 6.01 Å². The molecule has 4 aliphatic heterocycles. The minimum Gasteiger partial charge on any atom is -0.508 e. The van der Waals surface area contributed by atoms with Gasteiger partial charge in [0.05, 0.1) is 29.1 Å². The van der Waals surface area contributed by atoms with Crippen LogP contribution >= 0.6 is 0 Å². The van der Waals surface area contributed by atoms with Crippen molar-refractivity contribution < 1.29 is 27.8 Å². The highest BCUT2D eigenvalue weighted by Gasteiger charge is 2.49. The highest BCUT2D eigenvalue weighted by atomic mass is 19.1. The Morgan fingerprint density at radius 1 is 1.17 bits per heavy atom. The first-order valence-corrected chi connectivity index (χ1v) is 15.4. The summed E-state index contributed by atoms with van der Waals surface area (Å²) in [6.45, 7) is 1.91. The van der Waals surface area contributed by atoms with Crippen LogP contribution in [0.15, 0.2) is 24.3 Å². The van der Waals surface area contributed by atoms with Gasteiger partial charge in [0.15, 0.2) is 5.82 Å². The predicted octanol–water partition coefficient (Wildman–Crippen LogP) is 5.27. The second kappa shape index (κ2) is 10.6. The summed E-state index contributed by atoms with van der Waals surface area (Å²) in [4.78, 5) is 18.0. The lowest BCUT2D eigenvalue weighted by Crippen LogP contribution is -2.45. The fraction of sp³-hybridized carbons (Fsp3) is 0.412. The van der Waals surface area contributed by atoms with Crippen molar-refractivity contribution in [1.29, 1.82) is 5.26 Å². The van der Waals surface area contributed by atoms with Crippen LogP contribution < -0.4 is 14.4 Å². The average Bonchev–Trinajstić information content (AvgIpc) is 3.53. The first-order chi connectivity index (χ1) is 22.3. The summed E-state index contributed by atoms with van der Waals surface area (Å²) in [7, 11) is 0. The molecular formula is C34H29F3N6O3. The van der Waals surface area contributed by atoms with E-state index in [0.717, 1.165) is 19.4 Å². The SMILES string of the molecule is C#Cc1c(F)ccc2cc(O)cc(-c3nc4c5c(nc(OC[C@@]67CCCN6C[C@H](F)C7)nc5c3F)N3CC[C@H](C#N)C[C@H]3CO4)c12. The van der Waals surface area contributed by atoms with E-state index in [1.165, 1.54) is 24.3 Å². The zero-order valence-corrected chi connectivity index (χ0v) is 24.8. The lowest BCUT2D eigenvalue weighted by molar-refractivity contribution is 0.107. The van der Waals surface area contributed by atoms with Crippen LogP contribution in [-0.4, -0.2) is 75.6 Å². The van der Waals surface area contributed by atoms with Gasteiger partial charge in [-0.15, -0.1) is 6.42 Å². The molecule has 3 fully saturated rings. The van der Waals surface area contributed by atoms with E-state index in [1.54, 1.807) is 0 Å². The number of halogens is 3. The topological polar surface area (TPSA) is 108 Å². The van der Waals surface area contributed by atoms with E-state index in [1.807, 2.05) is 4.90 Å². The van der Waals surface area contributed by atoms with Crippen molar-refractivity contribution in [2.24, 2.45) is 5.92 Å². The highest BCUT2D eigenvalue weighted by Crippen LogP contribution is 2.45. The van der Waals surface area contributed by atoms with E-state index in [0.29, 0.717) is 43.6 Å². The molecule has 9 nitrogen and oxygen atoms in total. The van der Waals surface area contributed by atoms with Gasteiger partial charge in [0.2, 0.25) is 5.88 Å². The second-order valence-electron chi connectivity index (χ2n) is 12.7. The van der Waals surface area contributed by atoms with Crippen molar-refractivity contribution in [1.82, 2.24) is 19.9 Å². The average molecular weight is 627 g/mol. The number of nitriles is 1. The third-order valence-corrected chi connectivity index (χ3v) is 9.98. The summed E-state index contributed by atoms with van der Waals surface area (Å²) < 4.78 is 58.7. The third-order valence-electron chi connectivity index (χ3n) is 9.98. The first kappa shape index (κ1) is 28.6. The van der Waals surface area contributed by atoms with Gasteiger partial charge < -0.3 is 19.5 Å². The van der Waals surface area contributed by atoms with Gasteiger partial charge in [-0.05, 0) is 55.8 Å². The maximum atomic E-state index is 16.9. The summed E-state index contributed by atoms with van der Waals surface area (Å²) in [5.41, 5.74) is -0.889. The van der Waals surface area contributed by atoms with Gasteiger partial charge in [-0.1, -0.05) is 12.0 Å². The molecule has 2 aromatic carbocycles. The number of fused-ring (bicyclic) bond motifs is 4. The molecule has 3 saturated heterocycles. The maximum absolute atomic E-state index is 16.9. The van der Waals surface area contributed by atoms with Gasteiger partial charge in [-0.25, -0.2) is 18.2 Å². The van der Waals surface area contributed by atoms with Crippen LogP contribution in [0, 0.1) is 41.2 Å². The number of rotatable bonds is 4. The van der Waals surface area contributed by atoms with Crippen LogP contribution in [0.5, 0.6) is 17.6 Å². The summed E-state index contributed by atoms with van der Waals surface area (Å²) in [5, 5.41) is 21.1. The molecule has 12 heteroatoms. The van der Waals surface area contributed by atoms with E-state index in [4.69, 9.17) is 20.9 Å². The molecule has 0 amide bonds. The number of nitrogens with zero attached hydrogens (tertiary/aromatic N) is 6. The fourth-order valence-corrected chi connectivity index (χ4v) is 7.84. The molecule has 4 aromatic rings. The number of hydrogen-bond acceptors (Lipinski definition) is 9. The number of piperidine rings is 1. The third kappa shape index (κ3) is 4.38. The molecule has 2 aromatic heterocycles. The Balaban J connectivity index is 1.32. The molecule has 1 N–H and O–H groups in total. The molecule has 0 aliphatic carbocycles. The molecule has 0 radical (unpaired) electrons. The highest BCUT2D eigenvalue weighted by molar-refractivity contribution is 6.04. The van der Waals surface area contributed by atoms with E-state index in [2.05, 4.69) is 26.9 Å². The van der Waals surface area contributed by atoms with Crippen LogP contribution in [-0.2, 0) is 0 Å². The molecule has 0 unspecified atom stereocenters. The molecule has 0 saturated carbocycles. The maximum Gasteiger partial charge on any atom is 0.319 e. The number of hydrogen-bond donors (Lipinski definition) is 1. The molecule has 0 spiro atoms. The van der Waals surface area contributed by atoms with Gasteiger partial charge in [0.1, 0.15) is 53.4 Å². The Morgan fingerprint density at radius 2 is 2.04 bits per heavy atom. The van der Waals surface area contributed by atoms with Crippen molar-refractivity contribution in [2.45, 2.75) is 49.9 Å². The van der Waals surface area contributed by atoms with Crippen molar-refractivity contribution >= 4 is 27.5 Å². The van der Waals surface area contributed by atoms with E-state index in [9.17, 15) is 19.1 Å². The number of terminal acetylenes is 1. The Morgan fingerprint density at radius 3 is 2.87 bits per heavy atom. The molecule has 8 rings (SSSR count). The first-order valence-electron chi connectivity index (χ1n) is 15.4. The lowest BCUT2D eigenvalue weighted by atomic mass is 9.92. The zero-order chi connectivity index (χ0) is 31.7. The molecule has 46 heavy (non-hydrogen) atoms. The zero-order valence-electron chi connectivity index (χ0n) is 24.8. The smallest absolute Gasteiger partial charge is 0.319 e. The van der Waals surface area contributed by atoms with Gasteiger partial charge in [0, 0.05) is 30.5 Å². The number of aromatic nitrogens is 3. The van der Waals surface area contributed by atoms with Gasteiger partial charge in [-0.2, -0.15) is 15.2 Å². The van der Waals surface area contributed by atoms with E-state index >= 15 is 4.39 Å². The van der Waals surface area contributed by atoms with E-state index in [-0.39, 0.29) is 75.9 Å². The molecule has 6 heterocycles. The number of phenolic OH excluding ortho intramolecular Hbond substituents is 1. The van der Waals surface area contributed by atoms with Gasteiger partial charge in [0.25, 0.3) is 0 Å². The fourth-order valence-electron chi connectivity index (χ4n) is 7.84. The van der Waals surface area contributed by atoms with Crippen LogP contribution in [0.4, 0.5) is 19.0 Å². The van der Waals surface area contributed by atoms with Crippen molar-refractivity contribution in [3.05, 3.63) is 41.5 Å². The Bertz CT molecular complexity index is 2010. The Hall–Kier alpha value is -4.81. The summed E-state index contributed by atoms with van der Waals surface area (Å²) in [6, 6.07) is 7.36. The van der Waals surface area contributed by atoms with Gasteiger partial charge in [-0.3, -0.25) is 4.90 Å². The van der Waals surface area contributed by atoms with Crippen LogP contribution in [0.2, 0.25) is 0 Å². The predicted molar refractivity (Wildman–Crippen MR) is 163 cm³/mol. The largest absolute Gasteiger partial charge is 0.508 e. The van der Waals surface area contributed by atoms with Crippen LogP contribution in [0.1, 0.15) is 37.7 Å². The summed E-state index contributed by atoms with van der Waals surface area (Å²) in [6.07, 6.45) is 7.89. The number of aromatic hydroxyl groups is 1. The molecule has 4 atom stereocenters. The normalized spacial score (nSPS) is 25.4. The van der Waals surface area contributed by atoms with Crippen molar-refractivity contribution in [3.63, 3.8) is 0 Å². The Labute approximate surface area is 262 Å². The number of benzene rings is 2. The minimum absolute atomic E-state index is 0.0580. The van der Waals surface area contributed by atoms with Crippen molar-refractivity contribution in [3.8, 4) is 47.3 Å². The number of phenols is 1. The number of pyridine rings is 1. The van der Waals surface area contributed by atoms with Crippen LogP contribution in [0.3, 0.4) is 0 Å². The molecular weight excluding hydrogens is 597 g/mol. The number of anilines is 1. The number of alkyl halides is 1. The Kier molecular flexibility index (Phi) is 6.62. The second-order valence-corrected chi connectivity index (χ2v) is 12.7. The van der Waals surface area contributed by atoms with E-state index < -0.39 is 23.3 Å². The molecule has 4 aliphatic rings. The minimum atomic E-state index is -0.950.